The number of hydrogen-bond donors (Lipinski definition) is 1. The molecule has 2 aromatic carbocycles. The van der Waals surface area contributed by atoms with E-state index in [1.54, 1.807) is 0 Å². The zero-order valence-electron chi connectivity index (χ0n) is 15.2. The lowest BCUT2D eigenvalue weighted by Gasteiger charge is -2.10. The highest BCUT2D eigenvalue weighted by molar-refractivity contribution is 8.00. The van der Waals surface area contributed by atoms with Crippen LogP contribution in [-0.2, 0) is 4.79 Å². The number of aromatic nitrogens is 2. The summed E-state index contributed by atoms with van der Waals surface area (Å²) < 4.78 is 5.73. The zero-order chi connectivity index (χ0) is 18.7. The third-order valence-electron chi connectivity index (χ3n) is 3.84. The second-order valence-electron chi connectivity index (χ2n) is 6.36. The molecule has 0 aliphatic rings. The molecule has 134 valence electrons. The fourth-order valence-electron chi connectivity index (χ4n) is 2.56. The molecule has 5 nitrogen and oxygen atoms in total. The van der Waals surface area contributed by atoms with E-state index in [-0.39, 0.29) is 11.2 Å². The van der Waals surface area contributed by atoms with Crippen molar-refractivity contribution < 1.29 is 9.21 Å². The molecule has 0 unspecified atom stereocenters. The van der Waals surface area contributed by atoms with Crippen LogP contribution < -0.4 is 5.32 Å². The van der Waals surface area contributed by atoms with Crippen LogP contribution in [0.4, 0.5) is 5.69 Å². The van der Waals surface area contributed by atoms with Crippen LogP contribution in [0.25, 0.3) is 11.5 Å². The summed E-state index contributed by atoms with van der Waals surface area (Å²) in [5, 5.41) is 11.1. The maximum absolute atomic E-state index is 12.3. The van der Waals surface area contributed by atoms with Gasteiger partial charge in [-0.05, 0) is 52.0 Å². The van der Waals surface area contributed by atoms with Crippen molar-refractivity contribution in [2.24, 2.45) is 0 Å². The van der Waals surface area contributed by atoms with Crippen molar-refractivity contribution in [1.29, 1.82) is 0 Å². The van der Waals surface area contributed by atoms with Crippen LogP contribution in [0.3, 0.4) is 0 Å². The summed E-state index contributed by atoms with van der Waals surface area (Å²) in [6.07, 6.45) is 0. The number of rotatable bonds is 5. The van der Waals surface area contributed by atoms with Crippen LogP contribution in [0, 0.1) is 20.8 Å². The summed E-state index contributed by atoms with van der Waals surface area (Å²) in [5.74, 6) is 0.357. The van der Waals surface area contributed by atoms with Crippen molar-refractivity contribution in [3.63, 3.8) is 0 Å². The highest BCUT2D eigenvalue weighted by Crippen LogP contribution is 2.27. The van der Waals surface area contributed by atoms with Gasteiger partial charge in [-0.25, -0.2) is 0 Å². The first-order valence-corrected chi connectivity index (χ1v) is 9.25. The SMILES string of the molecule is Cc1ccc(NC(=O)[C@@H](C)Sc2nnc(-c3cc(C)cc(C)c3)o2)cc1. The van der Waals surface area contributed by atoms with E-state index in [0.717, 1.165) is 27.9 Å². The van der Waals surface area contributed by atoms with Gasteiger partial charge in [0.25, 0.3) is 5.22 Å². The Morgan fingerprint density at radius 3 is 2.31 bits per heavy atom. The molecule has 0 aliphatic carbocycles. The molecule has 0 bridgehead atoms. The number of anilines is 1. The molecular formula is C20H21N3O2S. The minimum Gasteiger partial charge on any atom is -0.411 e. The van der Waals surface area contributed by atoms with Crippen LogP contribution in [0.5, 0.6) is 0 Å². The third-order valence-corrected chi connectivity index (χ3v) is 4.78. The van der Waals surface area contributed by atoms with Crippen LogP contribution in [-0.4, -0.2) is 21.4 Å². The van der Waals surface area contributed by atoms with Crippen molar-refractivity contribution in [2.75, 3.05) is 5.32 Å². The van der Waals surface area contributed by atoms with Crippen molar-refractivity contribution in [2.45, 2.75) is 38.2 Å². The molecule has 0 radical (unpaired) electrons. The molecule has 0 saturated carbocycles. The smallest absolute Gasteiger partial charge is 0.277 e. The largest absolute Gasteiger partial charge is 0.411 e. The Bertz CT molecular complexity index is 899. The molecule has 3 rings (SSSR count). The quantitative estimate of drug-likeness (QED) is 0.657. The van der Waals surface area contributed by atoms with Crippen molar-refractivity contribution in [3.8, 4) is 11.5 Å². The first kappa shape index (κ1) is 18.2. The highest BCUT2D eigenvalue weighted by Gasteiger charge is 2.19. The molecule has 1 amide bonds. The lowest BCUT2D eigenvalue weighted by Crippen LogP contribution is -2.22. The van der Waals surface area contributed by atoms with Gasteiger partial charge in [-0.15, -0.1) is 10.2 Å². The maximum Gasteiger partial charge on any atom is 0.277 e. The van der Waals surface area contributed by atoms with Gasteiger partial charge in [0.1, 0.15) is 0 Å². The molecule has 1 N–H and O–H groups in total. The second kappa shape index (κ2) is 7.74. The summed E-state index contributed by atoms with van der Waals surface area (Å²) in [4.78, 5) is 12.3. The van der Waals surface area contributed by atoms with Gasteiger partial charge in [-0.2, -0.15) is 0 Å². The molecular weight excluding hydrogens is 346 g/mol. The average molecular weight is 367 g/mol. The molecule has 0 saturated heterocycles. The molecule has 6 heteroatoms. The Balaban J connectivity index is 1.66. The van der Waals surface area contributed by atoms with E-state index in [1.807, 2.05) is 64.1 Å². The fraction of sp³-hybridized carbons (Fsp3) is 0.250. The lowest BCUT2D eigenvalue weighted by atomic mass is 10.1. The van der Waals surface area contributed by atoms with Gasteiger partial charge in [0, 0.05) is 11.3 Å². The Morgan fingerprint density at radius 2 is 1.65 bits per heavy atom. The highest BCUT2D eigenvalue weighted by atomic mass is 32.2. The van der Waals surface area contributed by atoms with E-state index in [4.69, 9.17) is 4.42 Å². The van der Waals surface area contributed by atoms with Gasteiger partial charge in [-0.3, -0.25) is 4.79 Å². The second-order valence-corrected chi connectivity index (χ2v) is 7.66. The van der Waals surface area contributed by atoms with Crippen LogP contribution in [0.15, 0.2) is 52.1 Å². The van der Waals surface area contributed by atoms with E-state index < -0.39 is 0 Å². The van der Waals surface area contributed by atoms with Gasteiger partial charge < -0.3 is 9.73 Å². The van der Waals surface area contributed by atoms with Crippen molar-refractivity contribution >= 4 is 23.4 Å². The molecule has 0 spiro atoms. The van der Waals surface area contributed by atoms with Gasteiger partial charge in [-0.1, -0.05) is 46.7 Å². The standard InChI is InChI=1S/C20H21N3O2S/c1-12-5-7-17(8-6-12)21-18(24)15(4)26-20-23-22-19(25-20)16-10-13(2)9-14(3)11-16/h5-11,15H,1-4H3,(H,21,24)/t15-/m1/s1. The Labute approximate surface area is 157 Å². The van der Waals surface area contributed by atoms with E-state index in [9.17, 15) is 4.79 Å². The summed E-state index contributed by atoms with van der Waals surface area (Å²) in [6.45, 7) is 7.88. The summed E-state index contributed by atoms with van der Waals surface area (Å²) >= 11 is 1.25. The lowest BCUT2D eigenvalue weighted by molar-refractivity contribution is -0.115. The Kier molecular flexibility index (Phi) is 5.42. The average Bonchev–Trinajstić information content (AvgIpc) is 3.04. The van der Waals surface area contributed by atoms with Gasteiger partial charge in [0.05, 0.1) is 5.25 Å². The molecule has 0 aliphatic heterocycles. The van der Waals surface area contributed by atoms with E-state index >= 15 is 0 Å². The van der Waals surface area contributed by atoms with Gasteiger partial charge in [0.2, 0.25) is 11.8 Å². The minimum atomic E-state index is -0.358. The number of nitrogens with one attached hydrogen (secondary N) is 1. The molecule has 3 aromatic rings. The molecule has 1 atom stereocenters. The molecule has 0 fully saturated rings. The number of carbonyl (C=O) groups is 1. The number of amides is 1. The summed E-state index contributed by atoms with van der Waals surface area (Å²) in [7, 11) is 0. The van der Waals surface area contributed by atoms with Crippen molar-refractivity contribution in [1.82, 2.24) is 10.2 Å². The number of carbonyl (C=O) groups excluding carboxylic acids is 1. The van der Waals surface area contributed by atoms with Crippen LogP contribution in [0.1, 0.15) is 23.6 Å². The van der Waals surface area contributed by atoms with E-state index in [2.05, 4.69) is 21.6 Å². The monoisotopic (exact) mass is 367 g/mol. The fourth-order valence-corrected chi connectivity index (χ4v) is 3.24. The third kappa shape index (κ3) is 4.52. The number of nitrogens with zero attached hydrogens (tertiary/aromatic N) is 2. The maximum atomic E-state index is 12.3. The first-order chi connectivity index (χ1) is 12.4. The van der Waals surface area contributed by atoms with Gasteiger partial charge >= 0.3 is 0 Å². The van der Waals surface area contributed by atoms with E-state index in [0.29, 0.717) is 11.1 Å². The molecule has 1 heterocycles. The topological polar surface area (TPSA) is 68.0 Å². The van der Waals surface area contributed by atoms with Crippen molar-refractivity contribution in [3.05, 3.63) is 59.2 Å². The Hall–Kier alpha value is -2.60. The normalized spacial score (nSPS) is 12.0. The Morgan fingerprint density at radius 1 is 1.00 bits per heavy atom. The number of aryl methyl sites for hydroxylation is 3. The zero-order valence-corrected chi connectivity index (χ0v) is 16.1. The predicted octanol–water partition coefficient (Wildman–Crippen LogP) is 4.78. The van der Waals surface area contributed by atoms with Crippen LogP contribution in [0.2, 0.25) is 0 Å². The first-order valence-electron chi connectivity index (χ1n) is 8.37. The summed E-state index contributed by atoms with van der Waals surface area (Å²) in [5.41, 5.74) is 5.08. The predicted molar refractivity (Wildman–Crippen MR) is 104 cm³/mol. The molecule has 26 heavy (non-hydrogen) atoms. The van der Waals surface area contributed by atoms with Gasteiger partial charge in [0.15, 0.2) is 0 Å². The number of hydrogen-bond acceptors (Lipinski definition) is 5. The van der Waals surface area contributed by atoms with E-state index in [1.165, 1.54) is 11.8 Å². The minimum absolute atomic E-state index is 0.106. The number of thioether (sulfide) groups is 1. The summed E-state index contributed by atoms with van der Waals surface area (Å²) in [6, 6.07) is 13.8. The number of benzene rings is 2. The molecule has 1 aromatic heterocycles. The van der Waals surface area contributed by atoms with Crippen LogP contribution >= 0.6 is 11.8 Å².